The summed E-state index contributed by atoms with van der Waals surface area (Å²) in [6.45, 7) is 7.82. The van der Waals surface area contributed by atoms with Gasteiger partial charge in [0.05, 0.1) is 17.4 Å². The third-order valence-electron chi connectivity index (χ3n) is 6.45. The summed E-state index contributed by atoms with van der Waals surface area (Å²) in [6, 6.07) is 1.53. The van der Waals surface area contributed by atoms with Crippen LogP contribution in [0.15, 0.2) is 27.0 Å². The Labute approximate surface area is 206 Å². The largest absolute Gasteiger partial charge is 0.310 e. The number of carbonyl (C=O) groups is 1. The number of anilines is 1. The average molecular weight is 496 g/mol. The lowest BCUT2D eigenvalue weighted by atomic mass is 9.92. The van der Waals surface area contributed by atoms with Gasteiger partial charge in [-0.05, 0) is 32.6 Å². The molecule has 0 spiro atoms. The minimum Gasteiger partial charge on any atom is -0.310 e. The Morgan fingerprint density at radius 2 is 2.03 bits per heavy atom. The molecule has 2 aliphatic rings. The van der Waals surface area contributed by atoms with Gasteiger partial charge in [0.25, 0.3) is 11.1 Å². The number of carbonyl (C=O) groups excluding carboxylic acids is 1. The van der Waals surface area contributed by atoms with Crippen molar-refractivity contribution in [1.82, 2.24) is 29.3 Å². The van der Waals surface area contributed by atoms with Crippen molar-refractivity contribution in [2.24, 2.45) is 0 Å². The lowest BCUT2D eigenvalue weighted by Crippen LogP contribution is -2.29. The van der Waals surface area contributed by atoms with Gasteiger partial charge >= 0.3 is 0 Å². The summed E-state index contributed by atoms with van der Waals surface area (Å²) in [7, 11) is 0. The van der Waals surface area contributed by atoms with Gasteiger partial charge in [-0.25, -0.2) is 9.97 Å². The Morgan fingerprint density at radius 3 is 2.80 bits per heavy atom. The molecule has 1 unspecified atom stereocenters. The molecule has 3 aromatic heterocycles. The second-order valence-electron chi connectivity index (χ2n) is 10.2. The predicted octanol–water partition coefficient (Wildman–Crippen LogP) is 2.67. The van der Waals surface area contributed by atoms with Crippen LogP contribution in [-0.2, 0) is 23.1 Å². The highest BCUT2D eigenvalue weighted by molar-refractivity contribution is 7.99. The van der Waals surface area contributed by atoms with Crippen molar-refractivity contribution in [3.05, 3.63) is 55.5 Å². The minimum atomic E-state index is -0.282. The number of thioether (sulfide) groups is 1. The maximum Gasteiger partial charge on any atom is 0.257 e. The second-order valence-corrected chi connectivity index (χ2v) is 11.2. The first-order valence-electron chi connectivity index (χ1n) is 11.9. The quantitative estimate of drug-likeness (QED) is 0.533. The van der Waals surface area contributed by atoms with Crippen LogP contribution in [0.3, 0.4) is 0 Å². The number of aryl methyl sites for hydroxylation is 2. The maximum absolute atomic E-state index is 13.1. The van der Waals surface area contributed by atoms with Crippen LogP contribution in [0.4, 0.5) is 5.82 Å². The molecule has 1 atom stereocenters. The zero-order valence-corrected chi connectivity index (χ0v) is 21.2. The van der Waals surface area contributed by atoms with Crippen molar-refractivity contribution in [2.45, 2.75) is 76.4 Å². The van der Waals surface area contributed by atoms with Gasteiger partial charge in [0.1, 0.15) is 5.82 Å². The van der Waals surface area contributed by atoms with Crippen molar-refractivity contribution in [3.63, 3.8) is 0 Å². The van der Waals surface area contributed by atoms with Gasteiger partial charge in [0.15, 0.2) is 5.16 Å². The number of amides is 1. The van der Waals surface area contributed by atoms with E-state index in [-0.39, 0.29) is 34.9 Å². The van der Waals surface area contributed by atoms with E-state index in [4.69, 9.17) is 4.98 Å². The highest BCUT2D eigenvalue weighted by atomic mass is 32.2. The Kier molecular flexibility index (Phi) is 5.90. The second kappa shape index (κ2) is 8.78. The highest BCUT2D eigenvalue weighted by Crippen LogP contribution is 2.32. The molecule has 1 aliphatic carbocycles. The lowest BCUT2D eigenvalue weighted by Gasteiger charge is -2.16. The molecule has 0 saturated carbocycles. The van der Waals surface area contributed by atoms with E-state index in [1.54, 1.807) is 17.7 Å². The standard InChI is InChI=1S/C24H29N7O3S/c1-13-11-25-23-30(21(13)34)14(12-35-23)9-19(32)27-18-10-17(24(2,3)4)29-31(18)22-26-16-8-6-5-7-15(16)20(33)28-22/h10-11,14H,5-9,12H2,1-4H3,(H,27,32)(H,26,28,33). The van der Waals surface area contributed by atoms with Crippen molar-refractivity contribution >= 4 is 23.5 Å². The minimum absolute atomic E-state index is 0.117. The zero-order valence-electron chi connectivity index (χ0n) is 20.3. The van der Waals surface area contributed by atoms with E-state index in [2.05, 4.69) is 20.4 Å². The number of fused-ring (bicyclic) bond motifs is 2. The molecule has 3 aromatic rings. The van der Waals surface area contributed by atoms with Crippen LogP contribution in [0.25, 0.3) is 5.95 Å². The van der Waals surface area contributed by atoms with E-state index in [0.29, 0.717) is 28.2 Å². The lowest BCUT2D eigenvalue weighted by molar-refractivity contribution is -0.116. The number of aromatic amines is 1. The monoisotopic (exact) mass is 495 g/mol. The summed E-state index contributed by atoms with van der Waals surface area (Å²) in [4.78, 5) is 50.4. The van der Waals surface area contributed by atoms with Gasteiger partial charge in [-0.3, -0.25) is 23.9 Å². The highest BCUT2D eigenvalue weighted by Gasteiger charge is 2.29. The molecule has 0 aromatic carbocycles. The summed E-state index contributed by atoms with van der Waals surface area (Å²) < 4.78 is 3.12. The van der Waals surface area contributed by atoms with E-state index in [0.717, 1.165) is 42.6 Å². The van der Waals surface area contributed by atoms with E-state index in [1.807, 2.05) is 26.8 Å². The molecule has 5 rings (SSSR count). The number of hydrogen-bond donors (Lipinski definition) is 2. The van der Waals surface area contributed by atoms with E-state index in [9.17, 15) is 14.4 Å². The zero-order chi connectivity index (χ0) is 24.9. The topological polar surface area (TPSA) is 128 Å². The number of H-pyrrole nitrogens is 1. The third-order valence-corrected chi connectivity index (χ3v) is 7.56. The van der Waals surface area contributed by atoms with Crippen LogP contribution in [0.5, 0.6) is 0 Å². The average Bonchev–Trinajstić information content (AvgIpc) is 3.41. The molecule has 0 radical (unpaired) electrons. The van der Waals surface area contributed by atoms with Gasteiger partial charge in [0.2, 0.25) is 11.9 Å². The predicted molar refractivity (Wildman–Crippen MR) is 134 cm³/mol. The Bertz CT molecular complexity index is 1430. The summed E-state index contributed by atoms with van der Waals surface area (Å²) in [6.07, 6.45) is 5.14. The Morgan fingerprint density at radius 1 is 1.26 bits per heavy atom. The molecule has 35 heavy (non-hydrogen) atoms. The first-order valence-corrected chi connectivity index (χ1v) is 12.8. The van der Waals surface area contributed by atoms with E-state index in [1.165, 1.54) is 16.4 Å². The number of aromatic nitrogens is 6. The van der Waals surface area contributed by atoms with Crippen LogP contribution in [-0.4, -0.2) is 41.0 Å². The van der Waals surface area contributed by atoms with Crippen LogP contribution in [0, 0.1) is 6.92 Å². The summed E-state index contributed by atoms with van der Waals surface area (Å²) in [5.74, 6) is 1.07. The normalized spacial score (nSPS) is 17.2. The van der Waals surface area contributed by atoms with Gasteiger partial charge < -0.3 is 5.32 Å². The summed E-state index contributed by atoms with van der Waals surface area (Å²) in [5.41, 5.74) is 2.28. The third kappa shape index (κ3) is 4.44. The number of nitrogens with one attached hydrogen (secondary N) is 2. The van der Waals surface area contributed by atoms with Crippen molar-refractivity contribution < 1.29 is 4.79 Å². The van der Waals surface area contributed by atoms with Crippen molar-refractivity contribution in [3.8, 4) is 5.95 Å². The molecule has 0 saturated heterocycles. The molecule has 0 bridgehead atoms. The van der Waals surface area contributed by atoms with Gasteiger partial charge in [-0.15, -0.1) is 0 Å². The molecule has 2 N–H and O–H groups in total. The summed E-state index contributed by atoms with van der Waals surface area (Å²) in [5, 5.41) is 8.27. The van der Waals surface area contributed by atoms with Crippen LogP contribution in [0.2, 0.25) is 0 Å². The van der Waals surface area contributed by atoms with Gasteiger partial charge in [-0.1, -0.05) is 32.5 Å². The first-order chi connectivity index (χ1) is 16.6. The van der Waals surface area contributed by atoms with Gasteiger partial charge in [0, 0.05) is 41.0 Å². The molecule has 4 heterocycles. The fraction of sp³-hybridized carbons (Fsp3) is 0.500. The summed E-state index contributed by atoms with van der Waals surface area (Å²) >= 11 is 1.47. The molecule has 184 valence electrons. The number of hydrogen-bond acceptors (Lipinski definition) is 7. The molecule has 1 amide bonds. The Balaban J connectivity index is 1.46. The van der Waals surface area contributed by atoms with E-state index < -0.39 is 0 Å². The SMILES string of the molecule is Cc1cnc2n(c1=O)C(CC(=O)Nc1cc(C(C)(C)C)nn1-c1nc3c(c(=O)[nH]1)CCCC3)CS2. The Hall–Kier alpha value is -3.21. The molecule has 10 nitrogen and oxygen atoms in total. The number of nitrogens with zero attached hydrogens (tertiary/aromatic N) is 5. The molecule has 0 fully saturated rings. The maximum atomic E-state index is 13.1. The van der Waals surface area contributed by atoms with Crippen LogP contribution in [0.1, 0.15) is 68.6 Å². The molecule has 11 heteroatoms. The molecule has 1 aliphatic heterocycles. The van der Waals surface area contributed by atoms with Crippen molar-refractivity contribution in [2.75, 3.05) is 11.1 Å². The molecular formula is C24H29N7O3S. The molecular weight excluding hydrogens is 466 g/mol. The van der Waals surface area contributed by atoms with E-state index >= 15 is 0 Å². The van der Waals surface area contributed by atoms with Crippen molar-refractivity contribution in [1.29, 1.82) is 0 Å². The fourth-order valence-corrected chi connectivity index (χ4v) is 5.57. The van der Waals surface area contributed by atoms with Crippen LogP contribution >= 0.6 is 11.8 Å². The van der Waals surface area contributed by atoms with Gasteiger partial charge in [-0.2, -0.15) is 9.78 Å². The smallest absolute Gasteiger partial charge is 0.257 e. The fourth-order valence-electron chi connectivity index (χ4n) is 4.47. The number of rotatable bonds is 4. The first kappa shape index (κ1) is 23.5. The van der Waals surface area contributed by atoms with Crippen LogP contribution < -0.4 is 16.4 Å².